The minimum Gasteiger partial charge on any atom is -0.421 e. The minimum absolute atomic E-state index is 0.562. The molecular weight excluding hydrogens is 240 g/mol. The van der Waals surface area contributed by atoms with Gasteiger partial charge in [-0.3, -0.25) is 4.98 Å². The van der Waals surface area contributed by atoms with Gasteiger partial charge in [0.25, 0.3) is 0 Å². The zero-order valence-electron chi connectivity index (χ0n) is 11.3. The SMILES string of the molecule is Cc1ccc(-c2nnc(CCNC3CC3)o2)c(C)n1. The summed E-state index contributed by atoms with van der Waals surface area (Å²) in [5.41, 5.74) is 2.83. The molecular formula is C14H18N4O. The highest BCUT2D eigenvalue weighted by atomic mass is 16.4. The van der Waals surface area contributed by atoms with Crippen LogP contribution in [0.5, 0.6) is 0 Å². The predicted octanol–water partition coefficient (Wildman–Crippen LogP) is 2.04. The molecule has 0 radical (unpaired) electrons. The zero-order chi connectivity index (χ0) is 13.2. The Hall–Kier alpha value is -1.75. The highest BCUT2D eigenvalue weighted by molar-refractivity contribution is 5.55. The molecule has 0 atom stereocenters. The van der Waals surface area contributed by atoms with Crippen molar-refractivity contribution in [3.8, 4) is 11.5 Å². The van der Waals surface area contributed by atoms with Gasteiger partial charge < -0.3 is 9.73 Å². The van der Waals surface area contributed by atoms with Crippen molar-refractivity contribution in [1.29, 1.82) is 0 Å². The van der Waals surface area contributed by atoms with Crippen LogP contribution in [0.2, 0.25) is 0 Å². The van der Waals surface area contributed by atoms with Crippen molar-refractivity contribution < 1.29 is 4.42 Å². The van der Waals surface area contributed by atoms with Gasteiger partial charge in [-0.05, 0) is 38.8 Å². The molecule has 5 heteroatoms. The molecule has 1 fully saturated rings. The van der Waals surface area contributed by atoms with Gasteiger partial charge in [0.15, 0.2) is 0 Å². The second-order valence-electron chi connectivity index (χ2n) is 5.06. The van der Waals surface area contributed by atoms with Gasteiger partial charge in [0, 0.05) is 24.7 Å². The van der Waals surface area contributed by atoms with E-state index in [0.29, 0.717) is 17.8 Å². The Morgan fingerprint density at radius 3 is 2.84 bits per heavy atom. The normalized spacial score (nSPS) is 14.8. The maximum absolute atomic E-state index is 5.69. The molecule has 19 heavy (non-hydrogen) atoms. The summed E-state index contributed by atoms with van der Waals surface area (Å²) in [6.45, 7) is 4.83. The molecule has 2 aromatic heterocycles. The third-order valence-electron chi connectivity index (χ3n) is 3.27. The van der Waals surface area contributed by atoms with Crippen LogP contribution >= 0.6 is 0 Å². The number of aryl methyl sites for hydroxylation is 2. The van der Waals surface area contributed by atoms with Gasteiger partial charge in [-0.2, -0.15) is 0 Å². The Balaban J connectivity index is 1.68. The van der Waals surface area contributed by atoms with Crippen LogP contribution in [0, 0.1) is 13.8 Å². The highest BCUT2D eigenvalue weighted by Crippen LogP contribution is 2.21. The quantitative estimate of drug-likeness (QED) is 0.889. The van der Waals surface area contributed by atoms with E-state index in [0.717, 1.165) is 29.9 Å². The van der Waals surface area contributed by atoms with Crippen molar-refractivity contribution in [2.45, 2.75) is 39.2 Å². The fourth-order valence-corrected chi connectivity index (χ4v) is 2.05. The van der Waals surface area contributed by atoms with Crippen molar-refractivity contribution in [2.24, 2.45) is 0 Å². The van der Waals surface area contributed by atoms with Crippen LogP contribution in [0.3, 0.4) is 0 Å². The van der Waals surface area contributed by atoms with Crippen LogP contribution in [0.4, 0.5) is 0 Å². The van der Waals surface area contributed by atoms with Crippen LogP contribution in [-0.2, 0) is 6.42 Å². The molecule has 0 spiro atoms. The average Bonchev–Trinajstić information content (AvgIpc) is 3.07. The Labute approximate surface area is 112 Å². The van der Waals surface area contributed by atoms with Gasteiger partial charge in [0.2, 0.25) is 11.8 Å². The van der Waals surface area contributed by atoms with Crippen LogP contribution in [-0.4, -0.2) is 27.8 Å². The summed E-state index contributed by atoms with van der Waals surface area (Å²) in [5, 5.41) is 11.6. The van der Waals surface area contributed by atoms with Gasteiger partial charge >= 0.3 is 0 Å². The number of hydrogen-bond donors (Lipinski definition) is 1. The van der Waals surface area contributed by atoms with Gasteiger partial charge in [-0.25, -0.2) is 0 Å². The van der Waals surface area contributed by atoms with Gasteiger partial charge in [0.1, 0.15) is 0 Å². The van der Waals surface area contributed by atoms with E-state index < -0.39 is 0 Å². The molecule has 3 rings (SSSR count). The average molecular weight is 258 g/mol. The number of aromatic nitrogens is 3. The highest BCUT2D eigenvalue weighted by Gasteiger charge is 2.20. The van der Waals surface area contributed by atoms with Gasteiger partial charge in [-0.15, -0.1) is 10.2 Å². The summed E-state index contributed by atoms with van der Waals surface area (Å²) in [7, 11) is 0. The smallest absolute Gasteiger partial charge is 0.249 e. The summed E-state index contributed by atoms with van der Waals surface area (Å²) in [5.74, 6) is 1.24. The first-order valence-electron chi connectivity index (χ1n) is 6.73. The maximum Gasteiger partial charge on any atom is 0.249 e. The van der Waals surface area contributed by atoms with E-state index in [1.807, 2.05) is 26.0 Å². The molecule has 0 aliphatic heterocycles. The lowest BCUT2D eigenvalue weighted by Gasteiger charge is -2.01. The molecule has 2 heterocycles. The van der Waals surface area contributed by atoms with E-state index in [2.05, 4.69) is 20.5 Å². The topological polar surface area (TPSA) is 63.8 Å². The number of rotatable bonds is 5. The largest absolute Gasteiger partial charge is 0.421 e. The first kappa shape index (κ1) is 12.3. The van der Waals surface area contributed by atoms with Crippen molar-refractivity contribution >= 4 is 0 Å². The molecule has 0 amide bonds. The molecule has 0 unspecified atom stereocenters. The van der Waals surface area contributed by atoms with Crippen molar-refractivity contribution in [1.82, 2.24) is 20.5 Å². The summed E-state index contributed by atoms with van der Waals surface area (Å²) in [4.78, 5) is 4.41. The number of hydrogen-bond acceptors (Lipinski definition) is 5. The summed E-state index contributed by atoms with van der Waals surface area (Å²) in [6, 6.07) is 4.66. The lowest BCUT2D eigenvalue weighted by molar-refractivity contribution is 0.493. The molecule has 1 aliphatic rings. The number of pyridine rings is 1. The lowest BCUT2D eigenvalue weighted by Crippen LogP contribution is -2.19. The number of nitrogens with zero attached hydrogens (tertiary/aromatic N) is 3. The fraction of sp³-hybridized carbons (Fsp3) is 0.500. The third kappa shape index (κ3) is 2.98. The summed E-state index contributed by atoms with van der Waals surface area (Å²) < 4.78 is 5.69. The Kier molecular flexibility index (Phi) is 3.29. The first-order chi connectivity index (χ1) is 9.22. The lowest BCUT2D eigenvalue weighted by atomic mass is 10.2. The van der Waals surface area contributed by atoms with E-state index in [4.69, 9.17) is 4.42 Å². The molecule has 0 bridgehead atoms. The first-order valence-corrected chi connectivity index (χ1v) is 6.73. The second-order valence-corrected chi connectivity index (χ2v) is 5.06. The fourth-order valence-electron chi connectivity index (χ4n) is 2.05. The van der Waals surface area contributed by atoms with Crippen molar-refractivity contribution in [3.05, 3.63) is 29.4 Å². The van der Waals surface area contributed by atoms with Crippen LogP contribution in [0.15, 0.2) is 16.5 Å². The molecule has 1 saturated carbocycles. The minimum atomic E-state index is 0.562. The predicted molar refractivity (Wildman–Crippen MR) is 71.7 cm³/mol. The van der Waals surface area contributed by atoms with Crippen molar-refractivity contribution in [3.63, 3.8) is 0 Å². The molecule has 1 aliphatic carbocycles. The standard InChI is InChI=1S/C14H18N4O/c1-9-3-6-12(10(2)16-9)14-18-17-13(19-14)7-8-15-11-4-5-11/h3,6,11,15H,4-5,7-8H2,1-2H3. The maximum atomic E-state index is 5.69. The van der Waals surface area contributed by atoms with E-state index in [1.165, 1.54) is 12.8 Å². The zero-order valence-corrected chi connectivity index (χ0v) is 11.3. The van der Waals surface area contributed by atoms with Gasteiger partial charge in [0.05, 0.1) is 11.3 Å². The monoisotopic (exact) mass is 258 g/mol. The molecule has 1 N–H and O–H groups in total. The summed E-state index contributed by atoms with van der Waals surface area (Å²) in [6.07, 6.45) is 3.37. The molecule has 5 nitrogen and oxygen atoms in total. The van der Waals surface area contributed by atoms with Crippen LogP contribution < -0.4 is 5.32 Å². The van der Waals surface area contributed by atoms with E-state index in [-0.39, 0.29) is 0 Å². The Bertz CT molecular complexity index is 575. The van der Waals surface area contributed by atoms with E-state index >= 15 is 0 Å². The second kappa shape index (κ2) is 5.09. The molecule has 100 valence electrons. The Morgan fingerprint density at radius 1 is 1.26 bits per heavy atom. The third-order valence-corrected chi connectivity index (χ3v) is 3.27. The molecule has 0 aromatic carbocycles. The number of nitrogens with one attached hydrogen (secondary N) is 1. The van der Waals surface area contributed by atoms with Crippen molar-refractivity contribution in [2.75, 3.05) is 6.54 Å². The molecule has 0 saturated heterocycles. The van der Waals surface area contributed by atoms with E-state index in [9.17, 15) is 0 Å². The van der Waals surface area contributed by atoms with Gasteiger partial charge in [-0.1, -0.05) is 0 Å². The Morgan fingerprint density at radius 2 is 2.11 bits per heavy atom. The summed E-state index contributed by atoms with van der Waals surface area (Å²) >= 11 is 0. The van der Waals surface area contributed by atoms with Crippen LogP contribution in [0.1, 0.15) is 30.1 Å². The van der Waals surface area contributed by atoms with E-state index in [1.54, 1.807) is 0 Å². The van der Waals surface area contributed by atoms with Crippen LogP contribution in [0.25, 0.3) is 11.5 Å². The molecule has 2 aromatic rings.